The summed E-state index contributed by atoms with van der Waals surface area (Å²) in [6.45, 7) is 4.18. The van der Waals surface area contributed by atoms with Crippen LogP contribution in [0.3, 0.4) is 0 Å². The molecule has 0 bridgehead atoms. The zero-order valence-corrected chi connectivity index (χ0v) is 10.5. The Morgan fingerprint density at radius 3 is 2.56 bits per heavy atom. The van der Waals surface area contributed by atoms with Crippen LogP contribution >= 0.6 is 11.3 Å². The highest BCUT2D eigenvalue weighted by Gasteiger charge is 2.04. The van der Waals surface area contributed by atoms with Gasteiger partial charge in [0.25, 0.3) is 0 Å². The van der Waals surface area contributed by atoms with Crippen molar-refractivity contribution >= 4 is 17.0 Å². The molecule has 1 aromatic heterocycles. The fraction of sp³-hybridized carbons (Fsp3) is 0.308. The van der Waals surface area contributed by atoms with Gasteiger partial charge >= 0.3 is 0 Å². The second-order valence-corrected chi connectivity index (χ2v) is 5.24. The maximum atomic E-state index is 5.90. The third-order valence-electron chi connectivity index (χ3n) is 2.74. The summed E-state index contributed by atoms with van der Waals surface area (Å²) in [5.41, 5.74) is 9.15. The number of nitrogens with zero attached hydrogens (tertiary/aromatic N) is 1. The lowest BCUT2D eigenvalue weighted by Gasteiger charge is -2.02. The van der Waals surface area contributed by atoms with E-state index in [4.69, 9.17) is 5.73 Å². The van der Waals surface area contributed by atoms with E-state index in [1.807, 2.05) is 18.2 Å². The van der Waals surface area contributed by atoms with Crippen LogP contribution in [0.4, 0.5) is 5.69 Å². The van der Waals surface area contributed by atoms with Crippen molar-refractivity contribution in [2.24, 2.45) is 0 Å². The number of aryl methyl sites for hydroxylation is 4. The lowest BCUT2D eigenvalue weighted by molar-refractivity contribution is 0.938. The van der Waals surface area contributed by atoms with Crippen LogP contribution in [-0.4, -0.2) is 4.98 Å². The van der Waals surface area contributed by atoms with Gasteiger partial charge in [0.05, 0.1) is 10.7 Å². The lowest BCUT2D eigenvalue weighted by Crippen LogP contribution is -1.96. The van der Waals surface area contributed by atoms with Gasteiger partial charge in [-0.25, -0.2) is 4.98 Å². The molecule has 2 rings (SSSR count). The maximum absolute atomic E-state index is 5.90. The minimum atomic E-state index is 0.882. The van der Waals surface area contributed by atoms with E-state index in [1.54, 1.807) is 11.3 Å². The Morgan fingerprint density at radius 1 is 1.19 bits per heavy atom. The van der Waals surface area contributed by atoms with Crippen molar-refractivity contribution in [1.29, 1.82) is 0 Å². The number of para-hydroxylation sites is 1. The largest absolute Gasteiger partial charge is 0.399 e. The van der Waals surface area contributed by atoms with E-state index >= 15 is 0 Å². The number of hydrogen-bond acceptors (Lipinski definition) is 3. The summed E-state index contributed by atoms with van der Waals surface area (Å²) in [4.78, 5) is 5.85. The van der Waals surface area contributed by atoms with Crippen molar-refractivity contribution in [2.45, 2.75) is 26.7 Å². The molecular weight excluding hydrogens is 216 g/mol. The first-order valence-corrected chi connectivity index (χ1v) is 6.25. The third kappa shape index (κ3) is 2.42. The quantitative estimate of drug-likeness (QED) is 0.826. The molecule has 2 aromatic rings. The van der Waals surface area contributed by atoms with Gasteiger partial charge in [0, 0.05) is 17.0 Å². The van der Waals surface area contributed by atoms with Crippen molar-refractivity contribution in [2.75, 3.05) is 5.73 Å². The molecular formula is C13H16N2S. The van der Waals surface area contributed by atoms with Crippen LogP contribution in [0.25, 0.3) is 0 Å². The number of rotatable bonds is 3. The maximum Gasteiger partial charge on any atom is 0.0934 e. The lowest BCUT2D eigenvalue weighted by atomic mass is 10.1. The monoisotopic (exact) mass is 232 g/mol. The highest BCUT2D eigenvalue weighted by molar-refractivity contribution is 7.11. The van der Waals surface area contributed by atoms with Gasteiger partial charge < -0.3 is 5.73 Å². The summed E-state index contributed by atoms with van der Waals surface area (Å²) in [5, 5.41) is 1.21. The predicted molar refractivity (Wildman–Crippen MR) is 69.9 cm³/mol. The van der Waals surface area contributed by atoms with Crippen molar-refractivity contribution in [1.82, 2.24) is 4.98 Å². The number of nitrogen functional groups attached to an aromatic ring is 1. The normalized spacial score (nSPS) is 10.6. The Hall–Kier alpha value is -1.35. The van der Waals surface area contributed by atoms with Gasteiger partial charge in [0.2, 0.25) is 0 Å². The Balaban J connectivity index is 2.05. The first-order valence-electron chi connectivity index (χ1n) is 5.43. The van der Waals surface area contributed by atoms with E-state index in [2.05, 4.69) is 24.9 Å². The zero-order valence-electron chi connectivity index (χ0n) is 9.66. The van der Waals surface area contributed by atoms with Crippen LogP contribution in [-0.2, 0) is 12.8 Å². The van der Waals surface area contributed by atoms with E-state index in [1.165, 1.54) is 15.4 Å². The molecule has 0 radical (unpaired) electrons. The highest BCUT2D eigenvalue weighted by atomic mass is 32.1. The van der Waals surface area contributed by atoms with Gasteiger partial charge in [-0.1, -0.05) is 18.2 Å². The molecule has 16 heavy (non-hydrogen) atoms. The fourth-order valence-electron chi connectivity index (χ4n) is 1.65. The molecule has 0 saturated carbocycles. The van der Waals surface area contributed by atoms with Gasteiger partial charge in [0.15, 0.2) is 0 Å². The molecule has 84 valence electrons. The second kappa shape index (κ2) is 4.66. The molecule has 2 N–H and O–H groups in total. The van der Waals surface area contributed by atoms with E-state index in [0.29, 0.717) is 0 Å². The van der Waals surface area contributed by atoms with Gasteiger partial charge in [-0.2, -0.15) is 0 Å². The van der Waals surface area contributed by atoms with E-state index in [0.717, 1.165) is 24.2 Å². The van der Waals surface area contributed by atoms with E-state index in [9.17, 15) is 0 Å². The van der Waals surface area contributed by atoms with Gasteiger partial charge in [-0.15, -0.1) is 11.3 Å². The highest BCUT2D eigenvalue weighted by Crippen LogP contribution is 2.19. The number of aromatic nitrogens is 1. The number of hydrogen-bond donors (Lipinski definition) is 1. The third-order valence-corrected chi connectivity index (χ3v) is 3.87. The van der Waals surface area contributed by atoms with Crippen molar-refractivity contribution in [3.63, 3.8) is 0 Å². The number of nitrogens with two attached hydrogens (primary N) is 1. The van der Waals surface area contributed by atoms with Crippen molar-refractivity contribution < 1.29 is 0 Å². The van der Waals surface area contributed by atoms with Crippen molar-refractivity contribution in [3.05, 3.63) is 45.4 Å². The summed E-state index contributed by atoms with van der Waals surface area (Å²) < 4.78 is 0. The van der Waals surface area contributed by atoms with Crippen LogP contribution in [0.2, 0.25) is 0 Å². The fourth-order valence-corrected chi connectivity index (χ4v) is 2.58. The number of thiazole rings is 1. The molecule has 2 nitrogen and oxygen atoms in total. The molecule has 0 aliphatic carbocycles. The summed E-state index contributed by atoms with van der Waals surface area (Å²) in [6.07, 6.45) is 1.95. The standard InChI is InChI=1S/C13H16N2S/c1-9-10(2)16-13(15-9)8-7-11-5-3-4-6-12(11)14/h3-6H,7-8,14H2,1-2H3. The topological polar surface area (TPSA) is 38.9 Å². The summed E-state index contributed by atoms with van der Waals surface area (Å²) in [7, 11) is 0. The smallest absolute Gasteiger partial charge is 0.0934 e. The summed E-state index contributed by atoms with van der Waals surface area (Å²) in [5.74, 6) is 0. The van der Waals surface area contributed by atoms with Crippen LogP contribution in [0, 0.1) is 13.8 Å². The zero-order chi connectivity index (χ0) is 11.5. The SMILES string of the molecule is Cc1nc(CCc2ccccc2N)sc1C. The molecule has 1 aromatic carbocycles. The number of benzene rings is 1. The second-order valence-electron chi connectivity index (χ2n) is 3.95. The van der Waals surface area contributed by atoms with Gasteiger partial charge in [0.1, 0.15) is 0 Å². The molecule has 0 unspecified atom stereocenters. The average molecular weight is 232 g/mol. The Labute approximate surface area is 100 Å². The molecule has 0 spiro atoms. The molecule has 0 aliphatic heterocycles. The number of anilines is 1. The summed E-state index contributed by atoms with van der Waals surface area (Å²) >= 11 is 1.79. The Morgan fingerprint density at radius 2 is 1.94 bits per heavy atom. The predicted octanol–water partition coefficient (Wildman–Crippen LogP) is 3.13. The minimum absolute atomic E-state index is 0.882. The van der Waals surface area contributed by atoms with Crippen LogP contribution in [0.15, 0.2) is 24.3 Å². The Bertz CT molecular complexity index is 469. The van der Waals surface area contributed by atoms with Crippen LogP contribution in [0.1, 0.15) is 21.1 Å². The van der Waals surface area contributed by atoms with Crippen LogP contribution in [0.5, 0.6) is 0 Å². The average Bonchev–Trinajstić information content (AvgIpc) is 2.57. The molecule has 0 saturated heterocycles. The minimum Gasteiger partial charge on any atom is -0.399 e. The molecule has 3 heteroatoms. The Kier molecular flexibility index (Phi) is 3.25. The van der Waals surface area contributed by atoms with Gasteiger partial charge in [-0.3, -0.25) is 0 Å². The molecule has 1 heterocycles. The molecule has 0 amide bonds. The first kappa shape index (κ1) is 11.1. The van der Waals surface area contributed by atoms with E-state index < -0.39 is 0 Å². The summed E-state index contributed by atoms with van der Waals surface area (Å²) in [6, 6.07) is 8.04. The molecule has 0 fully saturated rings. The van der Waals surface area contributed by atoms with Gasteiger partial charge in [-0.05, 0) is 31.9 Å². The molecule has 0 atom stereocenters. The van der Waals surface area contributed by atoms with Crippen molar-refractivity contribution in [3.8, 4) is 0 Å². The van der Waals surface area contributed by atoms with E-state index in [-0.39, 0.29) is 0 Å². The van der Waals surface area contributed by atoms with Crippen LogP contribution < -0.4 is 5.73 Å². The first-order chi connectivity index (χ1) is 7.66. The molecule has 0 aliphatic rings.